The van der Waals surface area contributed by atoms with Crippen molar-refractivity contribution < 1.29 is 29.4 Å². The molecule has 0 bridgehead atoms. The molecule has 1 aromatic heterocycles. The average Bonchev–Trinajstić information content (AvgIpc) is 3.24. The standard InChI is InChI=1S/C28H34Cl2N4O5/c29-22-15-21(34(39)17-23(22)30)8-10-26(35)24(9-11-27(36)37)32-13-12-20(7-6-18-4-2-1-3-5-18)33-16-19(31)14-25(33)28(32)38/h1-5,15,17,19-20,24-25H,6-14,16,31H2,(H-,36,37,39)/p+1/t19-,20?,24-,25+/m1/s1. The number of carbonyl (C=O) groups is 3. The summed E-state index contributed by atoms with van der Waals surface area (Å²) in [6, 6.07) is 10.3. The van der Waals surface area contributed by atoms with Gasteiger partial charge in [0, 0.05) is 55.2 Å². The lowest BCUT2D eigenvalue weighted by Crippen LogP contribution is -2.51. The Bertz CT molecular complexity index is 1200. The molecule has 2 fully saturated rings. The van der Waals surface area contributed by atoms with Gasteiger partial charge in [-0.1, -0.05) is 53.5 Å². The van der Waals surface area contributed by atoms with Crippen LogP contribution in [0.3, 0.4) is 0 Å². The third kappa shape index (κ3) is 7.28. The van der Waals surface area contributed by atoms with Crippen LogP contribution in [0.15, 0.2) is 42.6 Å². The lowest BCUT2D eigenvalue weighted by atomic mass is 9.98. The van der Waals surface area contributed by atoms with Gasteiger partial charge in [-0.3, -0.25) is 24.5 Å². The topological polar surface area (TPSA) is 128 Å². The number of carboxylic acid groups (broad SMARTS) is 1. The van der Waals surface area contributed by atoms with Crippen LogP contribution in [0, 0.1) is 0 Å². The highest BCUT2D eigenvalue weighted by Crippen LogP contribution is 2.31. The number of aliphatic carboxylic acids is 1. The molecule has 9 nitrogen and oxygen atoms in total. The summed E-state index contributed by atoms with van der Waals surface area (Å²) in [5, 5.41) is 19.9. The van der Waals surface area contributed by atoms with Crippen molar-refractivity contribution in [1.29, 1.82) is 0 Å². The first-order chi connectivity index (χ1) is 18.6. The number of nitrogens with zero attached hydrogens (tertiary/aromatic N) is 3. The fourth-order valence-electron chi connectivity index (χ4n) is 5.78. The molecule has 2 aliphatic rings. The Kier molecular flexibility index (Phi) is 9.82. The van der Waals surface area contributed by atoms with Crippen molar-refractivity contribution in [2.45, 2.75) is 75.5 Å². The zero-order valence-electron chi connectivity index (χ0n) is 21.7. The number of halogens is 2. The molecular weight excluding hydrogens is 543 g/mol. The van der Waals surface area contributed by atoms with Crippen LogP contribution in [0.2, 0.25) is 10.0 Å². The number of carboxylic acids is 1. The fourth-order valence-corrected chi connectivity index (χ4v) is 6.10. The zero-order valence-corrected chi connectivity index (χ0v) is 23.2. The molecule has 1 aromatic carbocycles. The van der Waals surface area contributed by atoms with Crippen LogP contribution in [0.25, 0.3) is 0 Å². The number of hydrogen-bond acceptors (Lipinski definition) is 6. The first-order valence-corrected chi connectivity index (χ1v) is 14.1. The van der Waals surface area contributed by atoms with Gasteiger partial charge in [0.25, 0.3) is 0 Å². The van der Waals surface area contributed by atoms with Crippen LogP contribution in [0.5, 0.6) is 0 Å². The molecule has 39 heavy (non-hydrogen) atoms. The minimum Gasteiger partial charge on any atom is -0.481 e. The third-order valence-electron chi connectivity index (χ3n) is 7.78. The van der Waals surface area contributed by atoms with Gasteiger partial charge in [-0.15, -0.1) is 0 Å². The number of fused-ring (bicyclic) bond motifs is 1. The maximum Gasteiger partial charge on any atom is 0.303 e. The molecule has 4 rings (SSSR count). The van der Waals surface area contributed by atoms with Gasteiger partial charge in [0.1, 0.15) is 5.02 Å². The second kappa shape index (κ2) is 13.1. The number of carbonyl (C=O) groups excluding carboxylic acids is 2. The van der Waals surface area contributed by atoms with Crippen molar-refractivity contribution in [1.82, 2.24) is 9.80 Å². The molecule has 3 heterocycles. The highest BCUT2D eigenvalue weighted by molar-refractivity contribution is 6.41. The first kappa shape index (κ1) is 29.3. The lowest BCUT2D eigenvalue weighted by Gasteiger charge is -2.32. The van der Waals surface area contributed by atoms with Crippen LogP contribution in [-0.2, 0) is 27.2 Å². The monoisotopic (exact) mass is 577 g/mol. The summed E-state index contributed by atoms with van der Waals surface area (Å²) in [4.78, 5) is 42.6. The van der Waals surface area contributed by atoms with Crippen molar-refractivity contribution in [3.63, 3.8) is 0 Å². The predicted molar refractivity (Wildman–Crippen MR) is 146 cm³/mol. The summed E-state index contributed by atoms with van der Waals surface area (Å²) < 4.78 is 0.819. The molecule has 4 N–H and O–H groups in total. The van der Waals surface area contributed by atoms with Gasteiger partial charge in [0.15, 0.2) is 5.78 Å². The quantitative estimate of drug-likeness (QED) is 0.276. The van der Waals surface area contributed by atoms with Crippen LogP contribution < -0.4 is 10.5 Å². The number of rotatable bonds is 11. The predicted octanol–water partition coefficient (Wildman–Crippen LogP) is 2.89. The maximum atomic E-state index is 13.8. The van der Waals surface area contributed by atoms with Crippen LogP contribution in [0.1, 0.15) is 49.8 Å². The van der Waals surface area contributed by atoms with Gasteiger partial charge in [-0.25, -0.2) is 0 Å². The summed E-state index contributed by atoms with van der Waals surface area (Å²) in [5.74, 6) is -1.45. The SMILES string of the molecule is N[C@@H]1C[C@H]2C(=O)N([C@H](CCC(=O)O)C(=O)CCc3cc(Cl)c(Cl)c[n+]3O)CCC(CCc3ccccc3)N2C1. The van der Waals surface area contributed by atoms with E-state index in [0.29, 0.717) is 31.6 Å². The number of amides is 1. The van der Waals surface area contributed by atoms with E-state index in [1.807, 2.05) is 18.2 Å². The molecule has 11 heteroatoms. The second-order valence-corrected chi connectivity index (χ2v) is 11.2. The van der Waals surface area contributed by atoms with Crippen molar-refractivity contribution in [3.8, 4) is 0 Å². The molecule has 1 amide bonds. The molecule has 0 radical (unpaired) electrons. The number of pyridine rings is 1. The van der Waals surface area contributed by atoms with E-state index in [2.05, 4.69) is 17.0 Å². The molecule has 2 aliphatic heterocycles. The minimum absolute atomic E-state index is 0.00207. The summed E-state index contributed by atoms with van der Waals surface area (Å²) in [7, 11) is 0. The van der Waals surface area contributed by atoms with Crippen molar-refractivity contribution >= 4 is 40.9 Å². The van der Waals surface area contributed by atoms with E-state index in [4.69, 9.17) is 28.9 Å². The summed E-state index contributed by atoms with van der Waals surface area (Å²) in [5.41, 5.74) is 7.91. The largest absolute Gasteiger partial charge is 0.481 e. The fraction of sp³-hybridized carbons (Fsp3) is 0.500. The summed E-state index contributed by atoms with van der Waals surface area (Å²) in [6.07, 6.45) is 4.08. The number of aryl methyl sites for hydroxylation is 2. The van der Waals surface area contributed by atoms with E-state index in [-0.39, 0.29) is 59.5 Å². The Hall–Kier alpha value is -2.72. The maximum absolute atomic E-state index is 13.8. The smallest absolute Gasteiger partial charge is 0.303 e. The minimum atomic E-state index is -1.03. The summed E-state index contributed by atoms with van der Waals surface area (Å²) >= 11 is 12.0. The number of hydrogen-bond donors (Lipinski definition) is 3. The van der Waals surface area contributed by atoms with E-state index >= 15 is 0 Å². The zero-order chi connectivity index (χ0) is 28.1. The molecule has 1 unspecified atom stereocenters. The van der Waals surface area contributed by atoms with Gasteiger partial charge in [-0.05, 0) is 37.7 Å². The normalized spacial score (nSPS) is 22.4. The molecule has 210 valence electrons. The van der Waals surface area contributed by atoms with Gasteiger partial charge in [0.05, 0.1) is 17.1 Å². The van der Waals surface area contributed by atoms with E-state index in [9.17, 15) is 24.7 Å². The molecule has 4 atom stereocenters. The Morgan fingerprint density at radius 2 is 1.87 bits per heavy atom. The molecular formula is C28H35Cl2N4O5+. The third-order valence-corrected chi connectivity index (χ3v) is 8.49. The first-order valence-electron chi connectivity index (χ1n) is 13.3. The highest BCUT2D eigenvalue weighted by Gasteiger charge is 2.45. The Morgan fingerprint density at radius 1 is 1.13 bits per heavy atom. The van der Waals surface area contributed by atoms with Crippen molar-refractivity contribution in [2.24, 2.45) is 5.73 Å². The molecule has 0 aliphatic carbocycles. The number of benzene rings is 1. The van der Waals surface area contributed by atoms with E-state index in [1.54, 1.807) is 4.90 Å². The van der Waals surface area contributed by atoms with E-state index < -0.39 is 18.1 Å². The van der Waals surface area contributed by atoms with Gasteiger partial charge in [-0.2, -0.15) is 0 Å². The molecule has 2 aromatic rings. The van der Waals surface area contributed by atoms with Gasteiger partial charge >= 0.3 is 5.97 Å². The Labute approximate surface area is 238 Å². The molecule has 2 saturated heterocycles. The van der Waals surface area contributed by atoms with E-state index in [0.717, 1.165) is 17.6 Å². The van der Waals surface area contributed by atoms with Crippen molar-refractivity contribution in [3.05, 3.63) is 63.9 Å². The van der Waals surface area contributed by atoms with Gasteiger partial charge < -0.3 is 15.7 Å². The second-order valence-electron chi connectivity index (χ2n) is 10.4. The number of Topliss-reactive ketones (excluding diaryl/α,β-unsaturated/α-hetero) is 1. The van der Waals surface area contributed by atoms with E-state index in [1.165, 1.54) is 17.8 Å². The highest BCUT2D eigenvalue weighted by atomic mass is 35.5. The summed E-state index contributed by atoms with van der Waals surface area (Å²) in [6.45, 7) is 0.981. The number of nitrogens with two attached hydrogens (primary N) is 1. The van der Waals surface area contributed by atoms with Crippen LogP contribution in [0.4, 0.5) is 0 Å². The van der Waals surface area contributed by atoms with Crippen LogP contribution >= 0.6 is 23.2 Å². The Morgan fingerprint density at radius 3 is 2.59 bits per heavy atom. The lowest BCUT2D eigenvalue weighted by molar-refractivity contribution is -0.909. The van der Waals surface area contributed by atoms with Gasteiger partial charge in [0.2, 0.25) is 17.8 Å². The van der Waals surface area contributed by atoms with Crippen molar-refractivity contribution in [2.75, 3.05) is 13.1 Å². The number of aromatic nitrogens is 1. The molecule has 0 spiro atoms. The van der Waals surface area contributed by atoms with Crippen LogP contribution in [-0.4, -0.2) is 75.0 Å². The average molecular weight is 579 g/mol. The number of ketones is 1. The Balaban J connectivity index is 1.52. The molecule has 0 saturated carbocycles.